The van der Waals surface area contributed by atoms with E-state index in [-0.39, 0.29) is 23.1 Å². The molecule has 2 heterocycles. The molecular formula is C33H48N4O3. The molecule has 0 bridgehead atoms. The molecular weight excluding hydrogens is 500 g/mol. The van der Waals surface area contributed by atoms with Gasteiger partial charge in [0.1, 0.15) is 5.75 Å². The van der Waals surface area contributed by atoms with Crippen molar-refractivity contribution in [3.8, 4) is 5.75 Å². The molecule has 40 heavy (non-hydrogen) atoms. The predicted molar refractivity (Wildman–Crippen MR) is 165 cm³/mol. The van der Waals surface area contributed by atoms with E-state index in [1.807, 2.05) is 41.3 Å². The number of ether oxygens (including phenoxy) is 1. The molecule has 0 radical (unpaired) electrons. The minimum Gasteiger partial charge on any atom is -0.495 e. The van der Waals surface area contributed by atoms with E-state index in [9.17, 15) is 9.59 Å². The normalized spacial score (nSPS) is 17.5. The van der Waals surface area contributed by atoms with Crippen LogP contribution in [0.25, 0.3) is 0 Å². The number of hydrogen-bond acceptors (Lipinski definition) is 5. The zero-order chi connectivity index (χ0) is 28.9. The van der Waals surface area contributed by atoms with E-state index in [0.29, 0.717) is 23.6 Å². The Kier molecular flexibility index (Phi) is 9.64. The molecule has 2 aromatic carbocycles. The molecule has 4 rings (SSSR count). The van der Waals surface area contributed by atoms with Crippen LogP contribution in [0.15, 0.2) is 42.5 Å². The average molecular weight is 549 g/mol. The number of anilines is 3. The van der Waals surface area contributed by atoms with E-state index in [2.05, 4.69) is 55.8 Å². The Morgan fingerprint density at radius 3 is 2.20 bits per heavy atom. The third kappa shape index (κ3) is 7.70. The van der Waals surface area contributed by atoms with Crippen LogP contribution in [0, 0.1) is 17.3 Å². The summed E-state index contributed by atoms with van der Waals surface area (Å²) in [6.45, 7) is 15.8. The molecule has 1 N–H and O–H groups in total. The summed E-state index contributed by atoms with van der Waals surface area (Å²) in [7, 11) is 1.71. The molecule has 0 aliphatic carbocycles. The smallest absolute Gasteiger partial charge is 0.256 e. The van der Waals surface area contributed by atoms with Crippen molar-refractivity contribution in [2.24, 2.45) is 17.3 Å². The topological polar surface area (TPSA) is 65.1 Å². The highest BCUT2D eigenvalue weighted by atomic mass is 16.5. The quantitative estimate of drug-likeness (QED) is 0.420. The number of carbonyl (C=O) groups excluding carboxylic acids is 2. The number of benzene rings is 2. The maximum absolute atomic E-state index is 13.9. The van der Waals surface area contributed by atoms with Crippen molar-refractivity contribution >= 4 is 28.9 Å². The van der Waals surface area contributed by atoms with Crippen LogP contribution in [0.5, 0.6) is 5.75 Å². The second-order valence-corrected chi connectivity index (χ2v) is 13.0. The number of piperazine rings is 1. The zero-order valence-corrected chi connectivity index (χ0v) is 25.3. The van der Waals surface area contributed by atoms with Crippen LogP contribution in [0.2, 0.25) is 0 Å². The van der Waals surface area contributed by atoms with Gasteiger partial charge in [-0.15, -0.1) is 0 Å². The molecule has 2 aromatic rings. The van der Waals surface area contributed by atoms with Crippen molar-refractivity contribution in [3.63, 3.8) is 0 Å². The number of nitrogens with one attached hydrogen (secondary N) is 1. The minimum absolute atomic E-state index is 0.000110. The fraction of sp³-hybridized carbons (Fsp3) is 0.576. The summed E-state index contributed by atoms with van der Waals surface area (Å²) in [6.07, 6.45) is 3.51. The SMILES string of the molecule is COc1ccccc1N1CCN(c2ccc(NC(=O)CC(C)CC(C)(C)C)cc2C(=O)N2CCC(C)CC2)CC1. The highest BCUT2D eigenvalue weighted by molar-refractivity contribution is 6.02. The number of piperidine rings is 1. The molecule has 218 valence electrons. The van der Waals surface area contributed by atoms with E-state index >= 15 is 0 Å². The first-order chi connectivity index (χ1) is 19.0. The Morgan fingerprint density at radius 1 is 0.950 bits per heavy atom. The van der Waals surface area contributed by atoms with Gasteiger partial charge >= 0.3 is 0 Å². The lowest BCUT2D eigenvalue weighted by atomic mass is 9.84. The highest BCUT2D eigenvalue weighted by Crippen LogP contribution is 2.32. The van der Waals surface area contributed by atoms with Gasteiger partial charge in [-0.3, -0.25) is 9.59 Å². The van der Waals surface area contributed by atoms with Gasteiger partial charge in [-0.05, 0) is 66.8 Å². The van der Waals surface area contributed by atoms with Crippen molar-refractivity contribution in [1.29, 1.82) is 0 Å². The standard InChI is InChI=1S/C33H48N4O3/c1-24-13-15-37(16-14-24)32(39)27-22-26(34-31(38)21-25(2)23-33(3,4)5)11-12-28(27)35-17-19-36(20-18-35)29-9-7-8-10-30(29)40-6/h7-12,22,24-25H,13-21,23H2,1-6H3,(H,34,38). The molecule has 1 unspecified atom stereocenters. The van der Waals surface area contributed by atoms with Gasteiger partial charge in [-0.25, -0.2) is 0 Å². The van der Waals surface area contributed by atoms with Crippen LogP contribution in [0.3, 0.4) is 0 Å². The summed E-state index contributed by atoms with van der Waals surface area (Å²) in [6, 6.07) is 14.0. The number of hydrogen-bond donors (Lipinski definition) is 1. The largest absolute Gasteiger partial charge is 0.495 e. The summed E-state index contributed by atoms with van der Waals surface area (Å²) in [5.74, 6) is 1.87. The molecule has 2 amide bonds. The van der Waals surface area contributed by atoms with Gasteiger partial charge in [-0.1, -0.05) is 46.8 Å². The van der Waals surface area contributed by atoms with Gasteiger partial charge < -0.3 is 24.8 Å². The van der Waals surface area contributed by atoms with Gasteiger partial charge in [0.25, 0.3) is 5.91 Å². The van der Waals surface area contributed by atoms with Crippen LogP contribution in [0.1, 0.15) is 70.7 Å². The molecule has 2 aliphatic heterocycles. The fourth-order valence-electron chi connectivity index (χ4n) is 6.17. The van der Waals surface area contributed by atoms with E-state index in [1.54, 1.807) is 7.11 Å². The van der Waals surface area contributed by atoms with E-state index < -0.39 is 0 Å². The Labute approximate surface area is 240 Å². The maximum atomic E-state index is 13.9. The Morgan fingerprint density at radius 2 is 1.57 bits per heavy atom. The fourth-order valence-corrected chi connectivity index (χ4v) is 6.17. The first-order valence-electron chi connectivity index (χ1n) is 14.9. The molecule has 1 atom stereocenters. The maximum Gasteiger partial charge on any atom is 0.256 e. The van der Waals surface area contributed by atoms with Gasteiger partial charge in [0, 0.05) is 57.1 Å². The van der Waals surface area contributed by atoms with Crippen LogP contribution < -0.4 is 19.9 Å². The lowest BCUT2D eigenvalue weighted by Crippen LogP contribution is -2.47. The van der Waals surface area contributed by atoms with E-state index in [0.717, 1.165) is 75.7 Å². The number of amides is 2. The third-order valence-electron chi connectivity index (χ3n) is 8.12. The van der Waals surface area contributed by atoms with Gasteiger partial charge in [0.05, 0.1) is 18.4 Å². The predicted octanol–water partition coefficient (Wildman–Crippen LogP) is 6.29. The van der Waals surface area contributed by atoms with Crippen LogP contribution >= 0.6 is 0 Å². The van der Waals surface area contributed by atoms with Crippen molar-refractivity contribution in [1.82, 2.24) is 4.90 Å². The molecule has 7 heteroatoms. The molecule has 2 saturated heterocycles. The second kappa shape index (κ2) is 13.0. The molecule has 2 fully saturated rings. The summed E-state index contributed by atoms with van der Waals surface area (Å²) < 4.78 is 5.59. The number of nitrogens with zero attached hydrogens (tertiary/aromatic N) is 3. The summed E-state index contributed by atoms with van der Waals surface area (Å²) in [5.41, 5.74) is 3.60. The molecule has 7 nitrogen and oxygen atoms in total. The number of likely N-dealkylation sites (tertiary alicyclic amines) is 1. The summed E-state index contributed by atoms with van der Waals surface area (Å²) in [5, 5.41) is 3.08. The first kappa shape index (κ1) is 29.8. The Hall–Kier alpha value is -3.22. The lowest BCUT2D eigenvalue weighted by molar-refractivity contribution is -0.117. The monoisotopic (exact) mass is 548 g/mol. The van der Waals surface area contributed by atoms with Crippen molar-refractivity contribution in [3.05, 3.63) is 48.0 Å². The van der Waals surface area contributed by atoms with Crippen molar-refractivity contribution in [2.75, 3.05) is 61.5 Å². The van der Waals surface area contributed by atoms with Gasteiger partial charge in [-0.2, -0.15) is 0 Å². The third-order valence-corrected chi connectivity index (χ3v) is 8.12. The first-order valence-corrected chi connectivity index (χ1v) is 14.9. The number of para-hydroxylation sites is 2. The number of carbonyl (C=O) groups is 2. The Balaban J connectivity index is 1.52. The van der Waals surface area contributed by atoms with Crippen molar-refractivity contribution < 1.29 is 14.3 Å². The number of methoxy groups -OCH3 is 1. The van der Waals surface area contributed by atoms with Crippen molar-refractivity contribution in [2.45, 2.75) is 60.3 Å². The molecule has 2 aliphatic rings. The summed E-state index contributed by atoms with van der Waals surface area (Å²) in [4.78, 5) is 33.4. The lowest BCUT2D eigenvalue weighted by Gasteiger charge is -2.39. The molecule has 0 saturated carbocycles. The molecule has 0 spiro atoms. The highest BCUT2D eigenvalue weighted by Gasteiger charge is 2.28. The minimum atomic E-state index is 0.000110. The molecule has 0 aromatic heterocycles. The van der Waals surface area contributed by atoms with Crippen LogP contribution in [-0.2, 0) is 4.79 Å². The van der Waals surface area contributed by atoms with Crippen LogP contribution in [0.4, 0.5) is 17.1 Å². The average Bonchev–Trinajstić information content (AvgIpc) is 2.92. The Bertz CT molecular complexity index is 1160. The zero-order valence-electron chi connectivity index (χ0n) is 25.3. The second-order valence-electron chi connectivity index (χ2n) is 13.0. The van der Waals surface area contributed by atoms with Gasteiger partial charge in [0.15, 0.2) is 0 Å². The van der Waals surface area contributed by atoms with Crippen LogP contribution in [-0.4, -0.2) is 63.1 Å². The van der Waals surface area contributed by atoms with Gasteiger partial charge in [0.2, 0.25) is 5.91 Å². The summed E-state index contributed by atoms with van der Waals surface area (Å²) >= 11 is 0. The van der Waals surface area contributed by atoms with E-state index in [1.165, 1.54) is 0 Å². The number of rotatable bonds is 8. The van der Waals surface area contributed by atoms with E-state index in [4.69, 9.17) is 4.74 Å².